The summed E-state index contributed by atoms with van der Waals surface area (Å²) in [6, 6.07) is 13.2. The second-order valence-corrected chi connectivity index (χ2v) is 6.02. The van der Waals surface area contributed by atoms with Crippen molar-refractivity contribution in [2.45, 2.75) is 20.5 Å². The maximum absolute atomic E-state index is 12.2. The zero-order valence-electron chi connectivity index (χ0n) is 15.7. The quantitative estimate of drug-likeness (QED) is 0.493. The molecule has 140 valence electrons. The van der Waals surface area contributed by atoms with Gasteiger partial charge in [-0.05, 0) is 48.0 Å². The third-order valence-corrected chi connectivity index (χ3v) is 4.24. The third kappa shape index (κ3) is 3.74. The lowest BCUT2D eigenvalue weighted by Crippen LogP contribution is -2.23. The molecule has 0 radical (unpaired) electrons. The highest BCUT2D eigenvalue weighted by Gasteiger charge is 2.13. The molecule has 0 N–H and O–H groups in total. The zero-order valence-corrected chi connectivity index (χ0v) is 15.7. The fourth-order valence-electron chi connectivity index (χ4n) is 2.72. The van der Waals surface area contributed by atoms with Crippen molar-refractivity contribution >= 4 is 5.71 Å². The Bertz CT molecular complexity index is 1040. The molecule has 3 rings (SSSR count). The number of hydrogen-bond donors (Lipinski definition) is 0. The van der Waals surface area contributed by atoms with Gasteiger partial charge < -0.3 is 9.57 Å². The van der Waals surface area contributed by atoms with E-state index < -0.39 is 0 Å². The molecule has 8 heteroatoms. The maximum atomic E-state index is 12.2. The molecule has 0 saturated heterocycles. The van der Waals surface area contributed by atoms with E-state index in [1.54, 1.807) is 20.2 Å². The number of nitrogens with zero attached hydrogens (tertiary/aromatic N) is 5. The Morgan fingerprint density at radius 1 is 1.15 bits per heavy atom. The molecule has 0 aliphatic rings. The summed E-state index contributed by atoms with van der Waals surface area (Å²) in [6.07, 6.45) is 0. The molecule has 0 atom stereocenters. The number of rotatable bonds is 6. The van der Waals surface area contributed by atoms with Crippen molar-refractivity contribution in [2.75, 3.05) is 7.11 Å². The van der Waals surface area contributed by atoms with Crippen molar-refractivity contribution < 1.29 is 9.57 Å². The lowest BCUT2D eigenvalue weighted by molar-refractivity contribution is 0.130. The molecule has 27 heavy (non-hydrogen) atoms. The van der Waals surface area contributed by atoms with E-state index in [0.717, 1.165) is 22.4 Å². The van der Waals surface area contributed by atoms with Crippen LogP contribution in [0.3, 0.4) is 0 Å². The molecule has 0 bridgehead atoms. The van der Waals surface area contributed by atoms with Crippen molar-refractivity contribution in [1.82, 2.24) is 19.8 Å². The number of oxime groups is 1. The summed E-state index contributed by atoms with van der Waals surface area (Å²) in [4.78, 5) is 17.8. The van der Waals surface area contributed by atoms with E-state index >= 15 is 0 Å². The molecular formula is C19H21N5O3. The van der Waals surface area contributed by atoms with Gasteiger partial charge in [0.25, 0.3) is 0 Å². The average molecular weight is 367 g/mol. The van der Waals surface area contributed by atoms with Gasteiger partial charge >= 0.3 is 5.69 Å². The van der Waals surface area contributed by atoms with Crippen molar-refractivity contribution in [3.8, 4) is 11.4 Å². The first-order chi connectivity index (χ1) is 13.0. The van der Waals surface area contributed by atoms with Crippen LogP contribution >= 0.6 is 0 Å². The van der Waals surface area contributed by atoms with Gasteiger partial charge in [0.1, 0.15) is 12.4 Å². The van der Waals surface area contributed by atoms with Crippen LogP contribution in [0.2, 0.25) is 0 Å². The molecule has 0 fully saturated rings. The fourth-order valence-corrected chi connectivity index (χ4v) is 2.72. The first-order valence-corrected chi connectivity index (χ1v) is 8.40. The van der Waals surface area contributed by atoms with E-state index in [9.17, 15) is 4.79 Å². The van der Waals surface area contributed by atoms with E-state index in [-0.39, 0.29) is 12.3 Å². The molecule has 2 aromatic carbocycles. The molecular weight excluding hydrogens is 346 g/mol. The lowest BCUT2D eigenvalue weighted by Gasteiger charge is -2.11. The van der Waals surface area contributed by atoms with Crippen molar-refractivity contribution in [1.29, 1.82) is 0 Å². The molecule has 1 heterocycles. The van der Waals surface area contributed by atoms with Crippen LogP contribution in [0.1, 0.15) is 23.6 Å². The Labute approximate surface area is 156 Å². The summed E-state index contributed by atoms with van der Waals surface area (Å²) in [7, 11) is 3.17. The van der Waals surface area contributed by atoms with Gasteiger partial charge in [0.05, 0.1) is 18.5 Å². The molecule has 0 spiro atoms. The molecule has 0 unspecified atom stereocenters. The zero-order chi connectivity index (χ0) is 19.4. The summed E-state index contributed by atoms with van der Waals surface area (Å²) in [5.41, 5.74) is 3.63. The van der Waals surface area contributed by atoms with Gasteiger partial charge in [-0.2, -0.15) is 9.36 Å². The van der Waals surface area contributed by atoms with Crippen LogP contribution in [0, 0.1) is 6.92 Å². The van der Waals surface area contributed by atoms with Crippen molar-refractivity contribution in [2.24, 2.45) is 12.2 Å². The Kier molecular flexibility index (Phi) is 5.35. The predicted molar refractivity (Wildman–Crippen MR) is 101 cm³/mol. The van der Waals surface area contributed by atoms with Gasteiger partial charge in [0.15, 0.2) is 0 Å². The summed E-state index contributed by atoms with van der Waals surface area (Å²) in [5, 5.41) is 11.9. The molecule has 8 nitrogen and oxygen atoms in total. The first kappa shape index (κ1) is 18.4. The first-order valence-electron chi connectivity index (χ1n) is 8.40. The highest BCUT2D eigenvalue weighted by molar-refractivity contribution is 6.00. The van der Waals surface area contributed by atoms with Crippen LogP contribution < -0.4 is 10.4 Å². The summed E-state index contributed by atoms with van der Waals surface area (Å²) in [6.45, 7) is 3.99. The highest BCUT2D eigenvalue weighted by atomic mass is 16.6. The Morgan fingerprint density at radius 2 is 1.93 bits per heavy atom. The van der Waals surface area contributed by atoms with Gasteiger partial charge in [-0.1, -0.05) is 29.4 Å². The third-order valence-electron chi connectivity index (χ3n) is 4.24. The number of tetrazole rings is 1. The van der Waals surface area contributed by atoms with E-state index in [4.69, 9.17) is 9.57 Å². The van der Waals surface area contributed by atoms with Crippen LogP contribution in [-0.2, 0) is 18.5 Å². The second-order valence-electron chi connectivity index (χ2n) is 6.02. The van der Waals surface area contributed by atoms with Crippen molar-refractivity contribution in [3.05, 3.63) is 69.6 Å². The molecule has 3 aromatic rings. The Hall–Kier alpha value is -3.42. The standard InChI is InChI=1S/C19H21N5O3/c1-13-8-7-10-17(24-19(25)23(3)21-22-24)16(13)12-27-20-14(2)15-9-5-6-11-18(15)26-4/h5-11H,12H2,1-4H3/b20-14+. The smallest absolute Gasteiger partial charge is 0.368 e. The largest absolute Gasteiger partial charge is 0.496 e. The number of aryl methyl sites for hydroxylation is 2. The number of para-hydroxylation sites is 1. The number of aromatic nitrogens is 4. The lowest BCUT2D eigenvalue weighted by atomic mass is 10.1. The minimum atomic E-state index is -0.324. The predicted octanol–water partition coefficient (Wildman–Crippen LogP) is 2.22. The molecule has 0 aliphatic carbocycles. The molecule has 0 saturated carbocycles. The molecule has 0 aliphatic heterocycles. The molecule has 1 aromatic heterocycles. The SMILES string of the molecule is COc1ccccc1/C(C)=N/OCc1c(C)cccc1-n1nnn(C)c1=O. The van der Waals surface area contributed by atoms with Gasteiger partial charge in [-0.25, -0.2) is 4.79 Å². The Balaban J connectivity index is 1.87. The summed E-state index contributed by atoms with van der Waals surface area (Å²) in [5.74, 6) is 0.727. The topological polar surface area (TPSA) is 83.5 Å². The van der Waals surface area contributed by atoms with Gasteiger partial charge in [-0.15, -0.1) is 0 Å². The van der Waals surface area contributed by atoms with Gasteiger partial charge in [0.2, 0.25) is 0 Å². The van der Waals surface area contributed by atoms with Crippen LogP contribution in [0.15, 0.2) is 52.4 Å². The van der Waals surface area contributed by atoms with E-state index in [1.165, 1.54) is 9.36 Å². The highest BCUT2D eigenvalue weighted by Crippen LogP contribution is 2.20. The monoisotopic (exact) mass is 367 g/mol. The number of benzene rings is 2. The maximum Gasteiger partial charge on any atom is 0.368 e. The van der Waals surface area contributed by atoms with Crippen LogP contribution in [0.5, 0.6) is 5.75 Å². The van der Waals surface area contributed by atoms with E-state index in [0.29, 0.717) is 11.4 Å². The van der Waals surface area contributed by atoms with Crippen LogP contribution in [-0.4, -0.2) is 32.6 Å². The van der Waals surface area contributed by atoms with Gasteiger partial charge in [-0.3, -0.25) is 0 Å². The van der Waals surface area contributed by atoms with E-state index in [1.807, 2.05) is 50.2 Å². The minimum absolute atomic E-state index is 0.192. The summed E-state index contributed by atoms with van der Waals surface area (Å²) >= 11 is 0. The van der Waals surface area contributed by atoms with Gasteiger partial charge in [0, 0.05) is 18.2 Å². The number of ether oxygens (including phenoxy) is 1. The average Bonchev–Trinajstić information content (AvgIpc) is 3.01. The minimum Gasteiger partial charge on any atom is -0.496 e. The normalized spacial score (nSPS) is 11.5. The molecule has 0 amide bonds. The van der Waals surface area contributed by atoms with Crippen LogP contribution in [0.4, 0.5) is 0 Å². The number of hydrogen-bond acceptors (Lipinski definition) is 6. The van der Waals surface area contributed by atoms with E-state index in [2.05, 4.69) is 15.6 Å². The number of methoxy groups -OCH3 is 1. The fraction of sp³-hybridized carbons (Fsp3) is 0.263. The summed E-state index contributed by atoms with van der Waals surface area (Å²) < 4.78 is 7.78. The van der Waals surface area contributed by atoms with Crippen molar-refractivity contribution in [3.63, 3.8) is 0 Å². The Morgan fingerprint density at radius 3 is 2.63 bits per heavy atom. The second kappa shape index (κ2) is 7.86. The van der Waals surface area contributed by atoms with Crippen LogP contribution in [0.25, 0.3) is 5.69 Å².